The average molecular weight is 334 g/mol. The summed E-state index contributed by atoms with van der Waals surface area (Å²) in [5.74, 6) is 0.0103. The molecular weight excluding hydrogens is 320 g/mol. The van der Waals surface area contributed by atoms with Gasteiger partial charge >= 0.3 is 0 Å². The van der Waals surface area contributed by atoms with Crippen LogP contribution < -0.4 is 5.32 Å². The summed E-state index contributed by atoms with van der Waals surface area (Å²) < 4.78 is 5.15. The summed E-state index contributed by atoms with van der Waals surface area (Å²) in [6.45, 7) is 1.66. The molecule has 3 N–H and O–H groups in total. The number of aromatic nitrogens is 1. The lowest BCUT2D eigenvalue weighted by Crippen LogP contribution is -2.32. The van der Waals surface area contributed by atoms with Crippen molar-refractivity contribution in [2.24, 2.45) is 4.99 Å². The molecule has 9 heteroatoms. The predicted molar refractivity (Wildman–Crippen MR) is 83.2 cm³/mol. The van der Waals surface area contributed by atoms with E-state index < -0.39 is 10.9 Å². The third kappa shape index (κ3) is 3.27. The standard InChI is InChI=1S/C14H14N4O4S/c1-8-11(12(17-22-8)9-5-3-2-4-6-9)13(19)16-14-15-7-10(23-14)18(20)21/h2-7,10,14,20-21H,1H3,(H,16,19)/t10?,14-/m1/s1. The van der Waals surface area contributed by atoms with Crippen LogP contribution in [-0.2, 0) is 0 Å². The summed E-state index contributed by atoms with van der Waals surface area (Å²) in [6, 6.07) is 9.24. The zero-order chi connectivity index (χ0) is 16.4. The summed E-state index contributed by atoms with van der Waals surface area (Å²) in [6.07, 6.45) is 1.34. The number of aliphatic imine (C=N–C) groups is 1. The topological polar surface area (TPSA) is 111 Å². The molecule has 2 heterocycles. The summed E-state index contributed by atoms with van der Waals surface area (Å²) in [5, 5.41) is 23.9. The third-order valence-corrected chi connectivity index (χ3v) is 4.32. The van der Waals surface area contributed by atoms with E-state index in [-0.39, 0.29) is 11.1 Å². The van der Waals surface area contributed by atoms with Crippen molar-refractivity contribution in [3.05, 3.63) is 41.7 Å². The highest BCUT2D eigenvalue weighted by Gasteiger charge is 2.29. The molecule has 1 aliphatic rings. The van der Waals surface area contributed by atoms with Crippen molar-refractivity contribution in [1.29, 1.82) is 0 Å². The number of hydrogen-bond donors (Lipinski definition) is 3. The van der Waals surface area contributed by atoms with Gasteiger partial charge in [0.15, 0.2) is 5.50 Å². The molecule has 0 aliphatic carbocycles. The Morgan fingerprint density at radius 2 is 2.09 bits per heavy atom. The van der Waals surface area contributed by atoms with Gasteiger partial charge in [0.2, 0.25) is 0 Å². The highest BCUT2D eigenvalue weighted by atomic mass is 32.2. The quantitative estimate of drug-likeness (QED) is 0.732. The molecule has 23 heavy (non-hydrogen) atoms. The van der Waals surface area contributed by atoms with E-state index in [0.717, 1.165) is 17.3 Å². The predicted octanol–water partition coefficient (Wildman–Crippen LogP) is 1.89. The van der Waals surface area contributed by atoms with Crippen LogP contribution in [0.2, 0.25) is 0 Å². The van der Waals surface area contributed by atoms with Gasteiger partial charge < -0.3 is 9.84 Å². The van der Waals surface area contributed by atoms with Crippen LogP contribution in [0.4, 0.5) is 0 Å². The van der Waals surface area contributed by atoms with E-state index >= 15 is 0 Å². The third-order valence-electron chi connectivity index (χ3n) is 3.24. The van der Waals surface area contributed by atoms with Gasteiger partial charge in [0.05, 0.1) is 0 Å². The summed E-state index contributed by atoms with van der Waals surface area (Å²) in [7, 11) is 0. The van der Waals surface area contributed by atoms with Crippen LogP contribution in [0.1, 0.15) is 16.1 Å². The molecule has 2 aromatic rings. The number of carbonyl (C=O) groups excluding carboxylic acids is 1. The average Bonchev–Trinajstić information content (AvgIpc) is 3.15. The number of hydroxylamine groups is 2. The van der Waals surface area contributed by atoms with Crippen LogP contribution in [0.3, 0.4) is 0 Å². The first-order valence-electron chi connectivity index (χ1n) is 6.74. The minimum Gasteiger partial charge on any atom is -0.360 e. The second-order valence-electron chi connectivity index (χ2n) is 4.80. The van der Waals surface area contributed by atoms with Crippen molar-refractivity contribution in [2.45, 2.75) is 17.8 Å². The molecule has 2 atom stereocenters. The maximum Gasteiger partial charge on any atom is 0.259 e. The van der Waals surface area contributed by atoms with Gasteiger partial charge in [-0.1, -0.05) is 52.5 Å². The largest absolute Gasteiger partial charge is 0.360 e. The van der Waals surface area contributed by atoms with Gasteiger partial charge in [-0.15, -0.1) is 0 Å². The number of rotatable bonds is 4. The molecular formula is C14H14N4O4S. The Kier molecular flexibility index (Phi) is 4.44. The molecule has 120 valence electrons. The zero-order valence-electron chi connectivity index (χ0n) is 12.1. The second kappa shape index (κ2) is 6.50. The molecule has 1 aliphatic heterocycles. The molecule has 0 fully saturated rings. The van der Waals surface area contributed by atoms with E-state index in [2.05, 4.69) is 15.5 Å². The molecule has 0 bridgehead atoms. The first-order chi connectivity index (χ1) is 11.1. The number of hydrogen-bond acceptors (Lipinski definition) is 8. The van der Waals surface area contributed by atoms with Gasteiger partial charge in [-0.2, -0.15) is 0 Å². The fourth-order valence-electron chi connectivity index (χ4n) is 2.16. The summed E-state index contributed by atoms with van der Waals surface area (Å²) >= 11 is 1.07. The SMILES string of the molecule is Cc1onc(-c2ccccc2)c1C(=O)N[C@H]1N=CC(N(O)O)S1. The number of amides is 1. The van der Waals surface area contributed by atoms with Crippen molar-refractivity contribution in [1.82, 2.24) is 15.7 Å². The fraction of sp³-hybridized carbons (Fsp3) is 0.214. The van der Waals surface area contributed by atoms with Crippen LogP contribution in [0.25, 0.3) is 11.3 Å². The highest BCUT2D eigenvalue weighted by Crippen LogP contribution is 2.27. The Morgan fingerprint density at radius 1 is 1.35 bits per heavy atom. The van der Waals surface area contributed by atoms with Crippen molar-refractivity contribution < 1.29 is 19.7 Å². The Hall–Kier alpha value is -2.20. The van der Waals surface area contributed by atoms with Crippen molar-refractivity contribution in [2.75, 3.05) is 0 Å². The molecule has 1 unspecified atom stereocenters. The van der Waals surface area contributed by atoms with E-state index in [0.29, 0.717) is 17.0 Å². The Bertz CT molecular complexity index is 732. The summed E-state index contributed by atoms with van der Waals surface area (Å²) in [4.78, 5) is 16.5. The first-order valence-corrected chi connectivity index (χ1v) is 7.69. The number of carbonyl (C=O) groups is 1. The molecule has 0 saturated heterocycles. The van der Waals surface area contributed by atoms with Crippen molar-refractivity contribution in [3.8, 4) is 11.3 Å². The van der Waals surface area contributed by atoms with Crippen molar-refractivity contribution >= 4 is 23.9 Å². The lowest BCUT2D eigenvalue weighted by molar-refractivity contribution is -0.303. The van der Waals surface area contributed by atoms with Gasteiger partial charge in [0.1, 0.15) is 22.4 Å². The molecule has 1 aromatic heterocycles. The van der Waals surface area contributed by atoms with Gasteiger partial charge in [-0.25, -0.2) is 0 Å². The first kappa shape index (κ1) is 15.7. The fourth-order valence-corrected chi connectivity index (χ4v) is 2.99. The number of nitrogens with zero attached hydrogens (tertiary/aromatic N) is 3. The number of aryl methyl sites for hydroxylation is 1. The Labute approximate surface area is 135 Å². The molecule has 3 rings (SSSR count). The number of nitrogens with one attached hydrogen (secondary N) is 1. The Balaban J connectivity index is 1.79. The van der Waals surface area contributed by atoms with Gasteiger partial charge in [0.25, 0.3) is 5.91 Å². The van der Waals surface area contributed by atoms with Crippen LogP contribution in [-0.4, -0.2) is 43.8 Å². The van der Waals surface area contributed by atoms with Crippen LogP contribution in [0.5, 0.6) is 0 Å². The molecule has 8 nitrogen and oxygen atoms in total. The van der Waals surface area contributed by atoms with E-state index in [1.807, 2.05) is 30.3 Å². The van der Waals surface area contributed by atoms with Crippen molar-refractivity contribution in [3.63, 3.8) is 0 Å². The Morgan fingerprint density at radius 3 is 2.74 bits per heavy atom. The maximum absolute atomic E-state index is 12.5. The molecule has 1 aromatic carbocycles. The van der Waals surface area contributed by atoms with Gasteiger partial charge in [-0.05, 0) is 6.92 Å². The monoisotopic (exact) mass is 334 g/mol. The lowest BCUT2D eigenvalue weighted by atomic mass is 10.1. The second-order valence-corrected chi connectivity index (χ2v) is 6.00. The number of benzene rings is 1. The lowest BCUT2D eigenvalue weighted by Gasteiger charge is -2.14. The highest BCUT2D eigenvalue weighted by molar-refractivity contribution is 8.01. The molecule has 0 spiro atoms. The zero-order valence-corrected chi connectivity index (χ0v) is 12.9. The minimum atomic E-state index is -0.725. The van der Waals surface area contributed by atoms with Crippen LogP contribution >= 0.6 is 11.8 Å². The van der Waals surface area contributed by atoms with E-state index in [1.54, 1.807) is 6.92 Å². The van der Waals surface area contributed by atoms with E-state index in [1.165, 1.54) is 6.21 Å². The molecule has 0 saturated carbocycles. The van der Waals surface area contributed by atoms with Gasteiger partial charge in [0, 0.05) is 11.8 Å². The molecule has 1 amide bonds. The van der Waals surface area contributed by atoms with Crippen LogP contribution in [0.15, 0.2) is 39.8 Å². The normalized spacial score (nSPS) is 20.2. The molecule has 0 radical (unpaired) electrons. The smallest absolute Gasteiger partial charge is 0.259 e. The number of thioether (sulfide) groups is 1. The van der Waals surface area contributed by atoms with Gasteiger partial charge in [-0.3, -0.25) is 20.2 Å². The van der Waals surface area contributed by atoms with Crippen LogP contribution in [0, 0.1) is 6.92 Å². The van der Waals surface area contributed by atoms with E-state index in [9.17, 15) is 4.79 Å². The van der Waals surface area contributed by atoms with E-state index in [4.69, 9.17) is 14.9 Å². The maximum atomic E-state index is 12.5. The summed E-state index contributed by atoms with van der Waals surface area (Å²) in [5.41, 5.74) is 0.939. The minimum absolute atomic E-state index is 0.0420.